The van der Waals surface area contributed by atoms with Crippen LogP contribution in [-0.2, 0) is 14.8 Å². The van der Waals surface area contributed by atoms with Gasteiger partial charge in [0.25, 0.3) is 0 Å². The van der Waals surface area contributed by atoms with Gasteiger partial charge >= 0.3 is 0 Å². The molecule has 3 rings (SSSR count). The molecule has 0 fully saturated rings. The number of rotatable bonds is 7. The molecule has 0 aromatic heterocycles. The van der Waals surface area contributed by atoms with Gasteiger partial charge in [0.2, 0.25) is 15.9 Å². The molecule has 154 valence electrons. The number of carbonyl (C=O) groups excluding carboxylic acids is 2. The smallest absolute Gasteiger partial charge is 0.243 e. The molecule has 6 nitrogen and oxygen atoms in total. The normalized spacial score (nSPS) is 11.3. The third kappa shape index (κ3) is 4.94. The first-order chi connectivity index (χ1) is 14.3. The molecule has 0 saturated heterocycles. The standard InChI is InChI=1S/C22H19ClN2O4S/c1-25(30(28,29)18-10-6-3-7-11-18)15-21(26)24-20-13-12-17(23)14-19(20)22(27)16-8-4-2-5-9-16/h2-14H,15H2,1H3,(H,24,26). The number of benzene rings is 3. The molecular weight excluding hydrogens is 424 g/mol. The monoisotopic (exact) mass is 442 g/mol. The molecule has 0 unspecified atom stereocenters. The van der Waals surface area contributed by atoms with Gasteiger partial charge in [-0.1, -0.05) is 60.1 Å². The SMILES string of the molecule is CN(CC(=O)Nc1ccc(Cl)cc1C(=O)c1ccccc1)S(=O)(=O)c1ccccc1. The zero-order valence-electron chi connectivity index (χ0n) is 16.1. The van der Waals surface area contributed by atoms with Crippen molar-refractivity contribution in [1.29, 1.82) is 0 Å². The molecule has 1 amide bonds. The molecule has 0 heterocycles. The molecule has 0 atom stereocenters. The minimum absolute atomic E-state index is 0.0896. The Hall–Kier alpha value is -3.00. The molecule has 3 aromatic carbocycles. The van der Waals surface area contributed by atoms with Crippen LogP contribution in [0.5, 0.6) is 0 Å². The molecule has 3 aromatic rings. The van der Waals surface area contributed by atoms with Crippen LogP contribution in [0.15, 0.2) is 83.8 Å². The number of nitrogens with one attached hydrogen (secondary N) is 1. The van der Waals surface area contributed by atoms with E-state index in [9.17, 15) is 18.0 Å². The maximum atomic E-state index is 12.9. The van der Waals surface area contributed by atoms with Crippen LogP contribution in [0.3, 0.4) is 0 Å². The van der Waals surface area contributed by atoms with E-state index in [4.69, 9.17) is 11.6 Å². The number of anilines is 1. The lowest BCUT2D eigenvalue weighted by atomic mass is 10.0. The second-order valence-electron chi connectivity index (χ2n) is 6.51. The summed E-state index contributed by atoms with van der Waals surface area (Å²) in [5, 5.41) is 2.96. The van der Waals surface area contributed by atoms with E-state index >= 15 is 0 Å². The largest absolute Gasteiger partial charge is 0.324 e. The van der Waals surface area contributed by atoms with Crippen molar-refractivity contribution >= 4 is 39.0 Å². The zero-order chi connectivity index (χ0) is 21.7. The van der Waals surface area contributed by atoms with Gasteiger partial charge in [0.1, 0.15) is 0 Å². The van der Waals surface area contributed by atoms with Crippen LogP contribution in [0.4, 0.5) is 5.69 Å². The molecule has 0 aliphatic rings. The summed E-state index contributed by atoms with van der Waals surface area (Å²) in [6, 6.07) is 21.0. The Morgan fingerprint density at radius 2 is 1.53 bits per heavy atom. The Kier molecular flexibility index (Phi) is 6.66. The highest BCUT2D eigenvalue weighted by Crippen LogP contribution is 2.24. The lowest BCUT2D eigenvalue weighted by Crippen LogP contribution is -2.35. The minimum atomic E-state index is -3.82. The molecule has 0 saturated carbocycles. The predicted octanol–water partition coefficient (Wildman–Crippen LogP) is 3.83. The van der Waals surface area contributed by atoms with Gasteiger partial charge in [0.05, 0.1) is 17.1 Å². The highest BCUT2D eigenvalue weighted by Gasteiger charge is 2.23. The van der Waals surface area contributed by atoms with Gasteiger partial charge < -0.3 is 5.32 Å². The van der Waals surface area contributed by atoms with Crippen molar-refractivity contribution in [3.05, 3.63) is 95.0 Å². The summed E-state index contributed by atoms with van der Waals surface area (Å²) in [4.78, 5) is 25.5. The third-order valence-corrected chi connectivity index (χ3v) is 6.41. The van der Waals surface area contributed by atoms with Crippen molar-refractivity contribution in [2.45, 2.75) is 4.90 Å². The Morgan fingerprint density at radius 3 is 2.17 bits per heavy atom. The van der Waals surface area contributed by atoms with Gasteiger partial charge in [-0.3, -0.25) is 9.59 Å². The summed E-state index contributed by atoms with van der Waals surface area (Å²) in [5.74, 6) is -0.889. The number of carbonyl (C=O) groups is 2. The highest BCUT2D eigenvalue weighted by atomic mass is 35.5. The number of halogens is 1. The fraction of sp³-hybridized carbons (Fsp3) is 0.0909. The van der Waals surface area contributed by atoms with E-state index in [0.29, 0.717) is 10.6 Å². The van der Waals surface area contributed by atoms with E-state index in [1.807, 2.05) is 0 Å². The number of ketones is 1. The topological polar surface area (TPSA) is 83.6 Å². The van der Waals surface area contributed by atoms with E-state index < -0.39 is 22.5 Å². The number of hydrogen-bond donors (Lipinski definition) is 1. The molecule has 8 heteroatoms. The first-order valence-electron chi connectivity index (χ1n) is 8.99. The van der Waals surface area contributed by atoms with Crippen molar-refractivity contribution in [2.75, 3.05) is 18.9 Å². The Bertz CT molecular complexity index is 1170. The van der Waals surface area contributed by atoms with Crippen LogP contribution in [0.25, 0.3) is 0 Å². The maximum Gasteiger partial charge on any atom is 0.243 e. The van der Waals surface area contributed by atoms with Crippen molar-refractivity contribution in [1.82, 2.24) is 4.31 Å². The van der Waals surface area contributed by atoms with Crippen molar-refractivity contribution in [3.8, 4) is 0 Å². The molecule has 0 aliphatic heterocycles. The van der Waals surface area contributed by atoms with Gasteiger partial charge in [-0.25, -0.2) is 8.42 Å². The summed E-state index contributed by atoms with van der Waals surface area (Å²) < 4.78 is 26.1. The summed E-state index contributed by atoms with van der Waals surface area (Å²) >= 11 is 6.04. The van der Waals surface area contributed by atoms with E-state index in [2.05, 4.69) is 5.32 Å². The average Bonchev–Trinajstić information content (AvgIpc) is 2.75. The van der Waals surface area contributed by atoms with E-state index in [0.717, 1.165) is 4.31 Å². The minimum Gasteiger partial charge on any atom is -0.324 e. The molecule has 0 bridgehead atoms. The van der Waals surface area contributed by atoms with Crippen molar-refractivity contribution in [3.63, 3.8) is 0 Å². The van der Waals surface area contributed by atoms with E-state index in [-0.39, 0.29) is 21.9 Å². The molecule has 30 heavy (non-hydrogen) atoms. The number of hydrogen-bond acceptors (Lipinski definition) is 4. The fourth-order valence-electron chi connectivity index (χ4n) is 2.81. The lowest BCUT2D eigenvalue weighted by Gasteiger charge is -2.17. The van der Waals surface area contributed by atoms with Crippen molar-refractivity contribution < 1.29 is 18.0 Å². The fourth-order valence-corrected chi connectivity index (χ4v) is 4.13. The first-order valence-corrected chi connectivity index (χ1v) is 10.8. The van der Waals surface area contributed by atoms with Gasteiger partial charge in [-0.15, -0.1) is 0 Å². The molecular formula is C22H19ClN2O4S. The highest BCUT2D eigenvalue weighted by molar-refractivity contribution is 7.89. The van der Waals surface area contributed by atoms with Crippen LogP contribution >= 0.6 is 11.6 Å². The number of amides is 1. The number of likely N-dealkylation sites (N-methyl/N-ethyl adjacent to an activating group) is 1. The summed E-state index contributed by atoms with van der Waals surface area (Å²) in [6.45, 7) is -0.418. The summed E-state index contributed by atoms with van der Waals surface area (Å²) in [6.07, 6.45) is 0. The van der Waals surface area contributed by atoms with E-state index in [1.54, 1.807) is 54.6 Å². The predicted molar refractivity (Wildman–Crippen MR) is 116 cm³/mol. The van der Waals surface area contributed by atoms with Crippen LogP contribution < -0.4 is 5.32 Å². The summed E-state index contributed by atoms with van der Waals surface area (Å²) in [7, 11) is -2.50. The van der Waals surface area contributed by atoms with Crippen LogP contribution in [0.2, 0.25) is 5.02 Å². The van der Waals surface area contributed by atoms with Crippen LogP contribution in [-0.4, -0.2) is 38.0 Å². The number of sulfonamides is 1. The molecule has 0 spiro atoms. The Balaban J connectivity index is 1.80. The maximum absolute atomic E-state index is 12.9. The average molecular weight is 443 g/mol. The Labute approximate surface area is 180 Å². The summed E-state index contributed by atoms with van der Waals surface area (Å²) in [5.41, 5.74) is 0.915. The van der Waals surface area contributed by atoms with Gasteiger partial charge in [0.15, 0.2) is 5.78 Å². The quantitative estimate of drug-likeness (QED) is 0.563. The molecule has 1 N–H and O–H groups in total. The second kappa shape index (κ2) is 9.21. The Morgan fingerprint density at radius 1 is 0.933 bits per heavy atom. The van der Waals surface area contributed by atoms with Crippen LogP contribution in [0, 0.1) is 0 Å². The molecule has 0 radical (unpaired) electrons. The first kappa shape index (κ1) is 21.7. The van der Waals surface area contributed by atoms with E-state index in [1.165, 1.54) is 31.3 Å². The van der Waals surface area contributed by atoms with Crippen LogP contribution in [0.1, 0.15) is 15.9 Å². The van der Waals surface area contributed by atoms with Crippen molar-refractivity contribution in [2.24, 2.45) is 0 Å². The van der Waals surface area contributed by atoms with Gasteiger partial charge in [-0.05, 0) is 30.3 Å². The second-order valence-corrected chi connectivity index (χ2v) is 8.99. The zero-order valence-corrected chi connectivity index (χ0v) is 17.7. The number of nitrogens with zero attached hydrogens (tertiary/aromatic N) is 1. The third-order valence-electron chi connectivity index (χ3n) is 4.35. The lowest BCUT2D eigenvalue weighted by molar-refractivity contribution is -0.116. The molecule has 0 aliphatic carbocycles. The van der Waals surface area contributed by atoms with Gasteiger partial charge in [0, 0.05) is 23.2 Å². The van der Waals surface area contributed by atoms with Gasteiger partial charge in [-0.2, -0.15) is 4.31 Å².